The van der Waals surface area contributed by atoms with Gasteiger partial charge in [0, 0.05) is 25.8 Å². The van der Waals surface area contributed by atoms with Crippen molar-refractivity contribution in [3.8, 4) is 11.5 Å². The number of rotatable bonds is 8. The van der Waals surface area contributed by atoms with Gasteiger partial charge in [-0.25, -0.2) is 4.39 Å². The number of halogens is 2. The molecule has 5 rings (SSSR count). The van der Waals surface area contributed by atoms with E-state index in [1.807, 2.05) is 57.2 Å². The summed E-state index contributed by atoms with van der Waals surface area (Å²) in [4.78, 5) is 26.2. The highest BCUT2D eigenvalue weighted by molar-refractivity contribution is 6.30. The van der Waals surface area contributed by atoms with Crippen molar-refractivity contribution < 1.29 is 28.6 Å². The molecule has 0 aliphatic carbocycles. The monoisotopic (exact) mass is 551 g/mol. The SMILES string of the molecule is CC1(C)Cc2cc(CN(CC(=O)O)C(=O)Cc3ccc4c(c3)C[C@](C)(Cc3ccc(Cl)c(F)c3)O4)ccc2O1. The number of carboxylic acids is 1. The number of hydrogen-bond acceptors (Lipinski definition) is 4. The summed E-state index contributed by atoms with van der Waals surface area (Å²) in [7, 11) is 0. The van der Waals surface area contributed by atoms with Gasteiger partial charge in [-0.3, -0.25) is 9.59 Å². The van der Waals surface area contributed by atoms with Gasteiger partial charge < -0.3 is 19.5 Å². The second kappa shape index (κ2) is 10.2. The lowest BCUT2D eigenvalue weighted by atomic mass is 9.91. The summed E-state index contributed by atoms with van der Waals surface area (Å²) >= 11 is 5.82. The Labute approximate surface area is 232 Å². The number of aliphatic carboxylic acids is 1. The van der Waals surface area contributed by atoms with Gasteiger partial charge in [0.1, 0.15) is 35.1 Å². The first kappa shape index (κ1) is 27.0. The fraction of sp³-hybridized carbons (Fsp3) is 0.355. The van der Waals surface area contributed by atoms with Gasteiger partial charge in [-0.15, -0.1) is 0 Å². The number of nitrogens with zero attached hydrogens (tertiary/aromatic N) is 1. The lowest BCUT2D eigenvalue weighted by Crippen LogP contribution is -2.36. The van der Waals surface area contributed by atoms with Crippen LogP contribution in [0.3, 0.4) is 0 Å². The molecule has 0 bridgehead atoms. The molecule has 0 spiro atoms. The average Bonchev–Trinajstić information content (AvgIpc) is 3.33. The Morgan fingerprint density at radius 2 is 1.56 bits per heavy atom. The van der Waals surface area contributed by atoms with Gasteiger partial charge in [-0.05, 0) is 72.9 Å². The smallest absolute Gasteiger partial charge is 0.323 e. The summed E-state index contributed by atoms with van der Waals surface area (Å²) in [5, 5.41) is 9.56. The van der Waals surface area contributed by atoms with Crippen molar-refractivity contribution in [2.24, 2.45) is 0 Å². The minimum Gasteiger partial charge on any atom is -0.487 e. The molecule has 0 fully saturated rings. The fourth-order valence-electron chi connectivity index (χ4n) is 5.53. The molecule has 8 heteroatoms. The fourth-order valence-corrected chi connectivity index (χ4v) is 5.65. The van der Waals surface area contributed by atoms with Crippen LogP contribution in [0.5, 0.6) is 11.5 Å². The highest BCUT2D eigenvalue weighted by Gasteiger charge is 2.35. The molecule has 3 aromatic carbocycles. The molecule has 6 nitrogen and oxygen atoms in total. The summed E-state index contributed by atoms with van der Waals surface area (Å²) in [5.41, 5.74) is 3.60. The Hall–Kier alpha value is -3.58. The van der Waals surface area contributed by atoms with Crippen molar-refractivity contribution in [1.82, 2.24) is 4.90 Å². The number of hydrogen-bond donors (Lipinski definition) is 1. The van der Waals surface area contributed by atoms with E-state index in [1.54, 1.807) is 12.1 Å². The van der Waals surface area contributed by atoms with Crippen LogP contribution in [0.2, 0.25) is 5.02 Å². The molecule has 0 saturated heterocycles. The first-order chi connectivity index (χ1) is 18.4. The van der Waals surface area contributed by atoms with E-state index in [2.05, 4.69) is 0 Å². The highest BCUT2D eigenvalue weighted by atomic mass is 35.5. The zero-order valence-electron chi connectivity index (χ0n) is 22.2. The van der Waals surface area contributed by atoms with E-state index in [0.29, 0.717) is 12.8 Å². The number of carbonyl (C=O) groups excluding carboxylic acids is 1. The van der Waals surface area contributed by atoms with Crippen LogP contribution >= 0.6 is 11.6 Å². The van der Waals surface area contributed by atoms with Crippen LogP contribution in [0.15, 0.2) is 54.6 Å². The molecule has 0 radical (unpaired) electrons. The van der Waals surface area contributed by atoms with Gasteiger partial charge in [0.05, 0.1) is 11.4 Å². The first-order valence-corrected chi connectivity index (χ1v) is 13.3. The van der Waals surface area contributed by atoms with E-state index in [1.165, 1.54) is 11.0 Å². The molecule has 1 atom stereocenters. The Bertz CT molecular complexity index is 1450. The van der Waals surface area contributed by atoms with Crippen LogP contribution in [0.1, 0.15) is 48.6 Å². The van der Waals surface area contributed by atoms with E-state index < -0.39 is 17.4 Å². The molecular formula is C31H31ClFNO5. The summed E-state index contributed by atoms with van der Waals surface area (Å²) < 4.78 is 26.1. The van der Waals surface area contributed by atoms with Crippen molar-refractivity contribution in [2.45, 2.75) is 64.2 Å². The van der Waals surface area contributed by atoms with E-state index in [4.69, 9.17) is 21.1 Å². The van der Waals surface area contributed by atoms with E-state index in [-0.39, 0.29) is 36.0 Å². The largest absolute Gasteiger partial charge is 0.487 e. The Kier molecular flexibility index (Phi) is 7.06. The molecule has 0 unspecified atom stereocenters. The van der Waals surface area contributed by atoms with Gasteiger partial charge in [0.25, 0.3) is 0 Å². The molecule has 2 heterocycles. The summed E-state index contributed by atoms with van der Waals surface area (Å²) in [6, 6.07) is 16.1. The maximum atomic E-state index is 13.9. The minimum atomic E-state index is -1.06. The maximum absolute atomic E-state index is 13.9. The number of carbonyl (C=O) groups is 2. The van der Waals surface area contributed by atoms with Crippen molar-refractivity contribution >= 4 is 23.5 Å². The van der Waals surface area contributed by atoms with Gasteiger partial charge in [-0.2, -0.15) is 0 Å². The quantitative estimate of drug-likeness (QED) is 0.384. The average molecular weight is 552 g/mol. The van der Waals surface area contributed by atoms with Crippen LogP contribution in [-0.4, -0.2) is 39.6 Å². The predicted octanol–water partition coefficient (Wildman–Crippen LogP) is 5.78. The molecule has 39 heavy (non-hydrogen) atoms. The predicted molar refractivity (Wildman–Crippen MR) is 146 cm³/mol. The lowest BCUT2D eigenvalue weighted by Gasteiger charge is -2.24. The Morgan fingerprint density at radius 3 is 2.28 bits per heavy atom. The van der Waals surface area contributed by atoms with E-state index >= 15 is 0 Å². The zero-order chi connectivity index (χ0) is 27.9. The van der Waals surface area contributed by atoms with Crippen LogP contribution in [0.4, 0.5) is 4.39 Å². The molecule has 2 aliphatic rings. The summed E-state index contributed by atoms with van der Waals surface area (Å²) in [5.74, 6) is -0.238. The second-order valence-electron chi connectivity index (χ2n) is 11.4. The van der Waals surface area contributed by atoms with Gasteiger partial charge in [0.15, 0.2) is 0 Å². The Morgan fingerprint density at radius 1 is 0.923 bits per heavy atom. The lowest BCUT2D eigenvalue weighted by molar-refractivity contribution is -0.144. The normalized spacial score (nSPS) is 18.6. The van der Waals surface area contributed by atoms with Crippen LogP contribution in [-0.2, 0) is 41.8 Å². The molecule has 204 valence electrons. The number of carboxylic acid groups (broad SMARTS) is 1. The summed E-state index contributed by atoms with van der Waals surface area (Å²) in [6.07, 6.45) is 1.92. The molecule has 0 aromatic heterocycles. The van der Waals surface area contributed by atoms with Gasteiger partial charge in [-0.1, -0.05) is 41.9 Å². The highest BCUT2D eigenvalue weighted by Crippen LogP contribution is 2.38. The van der Waals surface area contributed by atoms with Crippen molar-refractivity contribution in [1.29, 1.82) is 0 Å². The second-order valence-corrected chi connectivity index (χ2v) is 11.8. The number of fused-ring (bicyclic) bond motifs is 2. The van der Waals surface area contributed by atoms with Crippen LogP contribution < -0.4 is 9.47 Å². The first-order valence-electron chi connectivity index (χ1n) is 12.9. The van der Waals surface area contributed by atoms with E-state index in [9.17, 15) is 19.1 Å². The third-order valence-electron chi connectivity index (χ3n) is 7.14. The van der Waals surface area contributed by atoms with Crippen molar-refractivity contribution in [2.75, 3.05) is 6.54 Å². The molecule has 1 N–H and O–H groups in total. The zero-order valence-corrected chi connectivity index (χ0v) is 23.0. The standard InChI is InChI=1S/C31H31ClFNO5/c1-30(2)15-22-11-21(6-9-26(22)38-30)17-34(18-29(36)37)28(35)13-19-5-8-27-23(10-19)16-31(3,39-27)14-20-4-7-24(32)25(33)12-20/h4-12H,13-18H2,1-3H3,(H,36,37)/t31-/m0/s1. The van der Waals surface area contributed by atoms with Crippen LogP contribution in [0.25, 0.3) is 0 Å². The van der Waals surface area contributed by atoms with Crippen molar-refractivity contribution in [3.63, 3.8) is 0 Å². The maximum Gasteiger partial charge on any atom is 0.323 e. The van der Waals surface area contributed by atoms with E-state index in [0.717, 1.165) is 45.7 Å². The Balaban J connectivity index is 1.27. The molecule has 1 amide bonds. The van der Waals surface area contributed by atoms with Crippen molar-refractivity contribution in [3.05, 3.63) is 93.3 Å². The molecule has 0 saturated carbocycles. The van der Waals surface area contributed by atoms with Gasteiger partial charge in [0.2, 0.25) is 5.91 Å². The number of ether oxygens (including phenoxy) is 2. The van der Waals surface area contributed by atoms with Crippen LogP contribution in [0, 0.1) is 5.82 Å². The molecule has 3 aromatic rings. The number of amides is 1. The third kappa shape index (κ3) is 6.19. The van der Waals surface area contributed by atoms with Gasteiger partial charge >= 0.3 is 5.97 Å². The number of benzene rings is 3. The third-order valence-corrected chi connectivity index (χ3v) is 7.45. The minimum absolute atomic E-state index is 0.0702. The molecule has 2 aliphatic heterocycles. The topological polar surface area (TPSA) is 76.1 Å². The molecular weight excluding hydrogens is 521 g/mol. The summed E-state index contributed by atoms with van der Waals surface area (Å²) in [6.45, 7) is 5.83.